The lowest BCUT2D eigenvalue weighted by molar-refractivity contribution is 0.588. The zero-order chi connectivity index (χ0) is 19.6. The average molecular weight is 367 g/mol. The Morgan fingerprint density at radius 3 is 1.82 bits per heavy atom. The Morgan fingerprint density at radius 1 is 0.643 bits per heavy atom. The van der Waals surface area contributed by atoms with Crippen LogP contribution in [0.1, 0.15) is 59.7 Å². The van der Waals surface area contributed by atoms with E-state index in [2.05, 4.69) is 99.7 Å². The summed E-state index contributed by atoms with van der Waals surface area (Å²) in [5.74, 6) is 0. The zero-order valence-corrected chi connectivity index (χ0v) is 17.3. The molecule has 3 aromatic carbocycles. The van der Waals surface area contributed by atoms with E-state index in [0.717, 1.165) is 25.7 Å². The fraction of sp³-hybridized carbons (Fsp3) is 0.286. The van der Waals surface area contributed by atoms with Crippen LogP contribution < -0.4 is 0 Å². The zero-order valence-electron chi connectivity index (χ0n) is 17.3. The molecule has 0 aromatic heterocycles. The molecule has 0 saturated heterocycles. The SMILES string of the molecule is CC(C)(C)c1cc2c(/C=C/c3ccccc3)c(c1)CCc1cccc(c1)CC2. The maximum atomic E-state index is 2.46. The van der Waals surface area contributed by atoms with E-state index < -0.39 is 0 Å². The molecule has 0 aliphatic heterocycles. The Balaban J connectivity index is 1.80. The van der Waals surface area contributed by atoms with Crippen molar-refractivity contribution in [2.75, 3.05) is 0 Å². The largest absolute Gasteiger partial charge is 0.0622 e. The van der Waals surface area contributed by atoms with Gasteiger partial charge in [-0.25, -0.2) is 0 Å². The number of hydrogen-bond donors (Lipinski definition) is 0. The summed E-state index contributed by atoms with van der Waals surface area (Å²) in [6, 6.07) is 24.7. The first kappa shape index (κ1) is 18.7. The summed E-state index contributed by atoms with van der Waals surface area (Å²) in [5, 5.41) is 0. The fourth-order valence-corrected chi connectivity index (χ4v) is 4.08. The van der Waals surface area contributed by atoms with E-state index in [4.69, 9.17) is 0 Å². The first-order valence-corrected chi connectivity index (χ1v) is 10.5. The quantitative estimate of drug-likeness (QED) is 0.427. The van der Waals surface area contributed by atoms with Crippen LogP contribution in [0.3, 0.4) is 0 Å². The minimum absolute atomic E-state index is 0.170. The molecule has 4 rings (SSSR count). The van der Waals surface area contributed by atoms with E-state index in [1.807, 2.05) is 0 Å². The van der Waals surface area contributed by atoms with E-state index >= 15 is 0 Å². The van der Waals surface area contributed by atoms with E-state index in [0.29, 0.717) is 0 Å². The topological polar surface area (TPSA) is 0 Å². The molecule has 0 unspecified atom stereocenters. The van der Waals surface area contributed by atoms with E-state index in [1.54, 1.807) is 0 Å². The second-order valence-electron chi connectivity index (χ2n) is 9.02. The van der Waals surface area contributed by atoms with Crippen molar-refractivity contribution < 1.29 is 0 Å². The standard InChI is InChI=1S/C28H30/c1-28(2,3)26-19-24-15-12-22-10-7-11-23(18-22)13-16-25(20-26)27(24)17-14-21-8-5-4-6-9-21/h4-11,14,17-20H,12-13,15-16H2,1-3H3/b17-14+. The molecule has 28 heavy (non-hydrogen) atoms. The predicted octanol–water partition coefficient (Wildman–Crippen LogP) is 7.04. The van der Waals surface area contributed by atoms with Gasteiger partial charge in [0.1, 0.15) is 0 Å². The van der Waals surface area contributed by atoms with Gasteiger partial charge in [-0.05, 0) is 70.0 Å². The minimum Gasteiger partial charge on any atom is -0.0622 e. The molecule has 142 valence electrons. The van der Waals surface area contributed by atoms with E-state index in [-0.39, 0.29) is 5.41 Å². The monoisotopic (exact) mass is 366 g/mol. The lowest BCUT2D eigenvalue weighted by atomic mass is 9.81. The van der Waals surface area contributed by atoms with Crippen molar-refractivity contribution in [1.82, 2.24) is 0 Å². The Kier molecular flexibility index (Phi) is 5.22. The van der Waals surface area contributed by atoms with Crippen LogP contribution in [0, 0.1) is 0 Å². The summed E-state index contributed by atoms with van der Waals surface area (Å²) in [5.41, 5.74) is 10.2. The molecule has 4 bridgehead atoms. The predicted molar refractivity (Wildman–Crippen MR) is 122 cm³/mol. The van der Waals surface area contributed by atoms with Gasteiger partial charge < -0.3 is 0 Å². The molecule has 1 aliphatic rings. The van der Waals surface area contributed by atoms with Crippen molar-refractivity contribution in [2.24, 2.45) is 0 Å². The maximum absolute atomic E-state index is 2.46. The summed E-state index contributed by atoms with van der Waals surface area (Å²) in [6.45, 7) is 6.97. The fourth-order valence-electron chi connectivity index (χ4n) is 4.08. The van der Waals surface area contributed by atoms with Gasteiger partial charge in [-0.15, -0.1) is 0 Å². The molecule has 0 nitrogen and oxygen atoms in total. The van der Waals surface area contributed by atoms with Gasteiger partial charge >= 0.3 is 0 Å². The normalized spacial score (nSPS) is 14.2. The highest BCUT2D eigenvalue weighted by molar-refractivity contribution is 5.73. The first-order chi connectivity index (χ1) is 13.5. The molecule has 0 fully saturated rings. The smallest absolute Gasteiger partial charge is 0.0132 e. The maximum Gasteiger partial charge on any atom is -0.0132 e. The van der Waals surface area contributed by atoms with Crippen LogP contribution in [-0.4, -0.2) is 0 Å². The minimum atomic E-state index is 0.170. The number of hydrogen-bond acceptors (Lipinski definition) is 0. The molecule has 3 aromatic rings. The van der Waals surface area contributed by atoms with Crippen LogP contribution in [0.4, 0.5) is 0 Å². The lowest BCUT2D eigenvalue weighted by Crippen LogP contribution is -2.14. The van der Waals surface area contributed by atoms with Gasteiger partial charge in [0.15, 0.2) is 0 Å². The Hall–Kier alpha value is -2.60. The highest BCUT2D eigenvalue weighted by atomic mass is 14.2. The summed E-state index contributed by atoms with van der Waals surface area (Å²) in [4.78, 5) is 0. The van der Waals surface area contributed by atoms with E-state index in [9.17, 15) is 0 Å². The second-order valence-corrected chi connectivity index (χ2v) is 9.02. The molecule has 0 saturated carbocycles. The number of benzene rings is 3. The van der Waals surface area contributed by atoms with Crippen molar-refractivity contribution in [3.8, 4) is 0 Å². The summed E-state index contributed by atoms with van der Waals surface area (Å²) in [7, 11) is 0. The van der Waals surface area contributed by atoms with Crippen LogP contribution >= 0.6 is 0 Å². The third-order valence-corrected chi connectivity index (χ3v) is 5.82. The molecule has 0 heterocycles. The molecule has 0 atom stereocenters. The van der Waals surface area contributed by atoms with E-state index in [1.165, 1.54) is 38.9 Å². The van der Waals surface area contributed by atoms with Crippen LogP contribution in [0.2, 0.25) is 0 Å². The molecule has 0 N–H and O–H groups in total. The van der Waals surface area contributed by atoms with Crippen LogP contribution in [0.15, 0.2) is 66.7 Å². The Bertz CT molecular complexity index is 940. The van der Waals surface area contributed by atoms with Gasteiger partial charge in [-0.3, -0.25) is 0 Å². The van der Waals surface area contributed by atoms with Gasteiger partial charge in [0.05, 0.1) is 0 Å². The van der Waals surface area contributed by atoms with Gasteiger partial charge in [-0.2, -0.15) is 0 Å². The van der Waals surface area contributed by atoms with Gasteiger partial charge in [-0.1, -0.05) is 99.7 Å². The Labute approximate surface area is 169 Å². The first-order valence-electron chi connectivity index (χ1n) is 10.5. The summed E-state index contributed by atoms with van der Waals surface area (Å²) < 4.78 is 0. The number of rotatable bonds is 2. The molecular weight excluding hydrogens is 336 g/mol. The van der Waals surface area contributed by atoms with Gasteiger partial charge in [0, 0.05) is 0 Å². The van der Waals surface area contributed by atoms with Crippen molar-refractivity contribution in [3.05, 3.63) is 106 Å². The van der Waals surface area contributed by atoms with Crippen LogP contribution in [0.5, 0.6) is 0 Å². The molecule has 1 aliphatic carbocycles. The molecular formula is C28H30. The molecule has 0 heteroatoms. The average Bonchev–Trinajstić information content (AvgIpc) is 2.69. The van der Waals surface area contributed by atoms with Crippen LogP contribution in [0.25, 0.3) is 12.2 Å². The van der Waals surface area contributed by atoms with Crippen molar-refractivity contribution in [1.29, 1.82) is 0 Å². The molecule has 0 amide bonds. The third kappa shape index (κ3) is 4.28. The van der Waals surface area contributed by atoms with Gasteiger partial charge in [0.25, 0.3) is 0 Å². The third-order valence-electron chi connectivity index (χ3n) is 5.82. The number of aryl methyl sites for hydroxylation is 4. The van der Waals surface area contributed by atoms with Crippen molar-refractivity contribution in [3.63, 3.8) is 0 Å². The summed E-state index contributed by atoms with van der Waals surface area (Å²) in [6.07, 6.45) is 9.01. The van der Waals surface area contributed by atoms with Crippen molar-refractivity contribution in [2.45, 2.75) is 51.9 Å². The van der Waals surface area contributed by atoms with Gasteiger partial charge in [0.2, 0.25) is 0 Å². The highest BCUT2D eigenvalue weighted by Crippen LogP contribution is 2.31. The molecule has 0 spiro atoms. The highest BCUT2D eigenvalue weighted by Gasteiger charge is 2.19. The van der Waals surface area contributed by atoms with Crippen LogP contribution in [-0.2, 0) is 31.1 Å². The summed E-state index contributed by atoms with van der Waals surface area (Å²) >= 11 is 0. The lowest BCUT2D eigenvalue weighted by Gasteiger charge is -2.24. The molecule has 0 radical (unpaired) electrons. The Morgan fingerprint density at radius 2 is 1.25 bits per heavy atom. The number of fused-ring (bicyclic) bond motifs is 4. The second kappa shape index (κ2) is 7.80. The van der Waals surface area contributed by atoms with Crippen molar-refractivity contribution >= 4 is 12.2 Å².